The van der Waals surface area contributed by atoms with Gasteiger partial charge in [0.05, 0.1) is 18.8 Å². The van der Waals surface area contributed by atoms with Gasteiger partial charge in [0.2, 0.25) is 0 Å². The van der Waals surface area contributed by atoms with Gasteiger partial charge in [0.15, 0.2) is 0 Å². The number of hydrogen-bond donors (Lipinski definition) is 2. The van der Waals surface area contributed by atoms with E-state index in [0.29, 0.717) is 42.9 Å². The summed E-state index contributed by atoms with van der Waals surface area (Å²) in [5.74, 6) is 0.920. The number of alkyl halides is 3. The third kappa shape index (κ3) is 7.22. The Morgan fingerprint density at radius 2 is 2.03 bits per heavy atom. The number of hydrogen-bond acceptors (Lipinski definition) is 7. The molecule has 0 aliphatic carbocycles. The quantitative estimate of drug-likeness (QED) is 0.571. The van der Waals surface area contributed by atoms with E-state index in [9.17, 15) is 18.0 Å². The van der Waals surface area contributed by atoms with Crippen LogP contribution < -0.4 is 15.5 Å². The summed E-state index contributed by atoms with van der Waals surface area (Å²) in [4.78, 5) is 25.0. The topological polar surface area (TPSA) is 75.7 Å². The minimum absolute atomic E-state index is 0.229. The van der Waals surface area contributed by atoms with Crippen LogP contribution in [0, 0.1) is 6.92 Å². The summed E-state index contributed by atoms with van der Waals surface area (Å²) in [7, 11) is 0. The van der Waals surface area contributed by atoms with Crippen molar-refractivity contribution in [2.75, 3.05) is 26.2 Å². The van der Waals surface area contributed by atoms with Crippen LogP contribution in [0.1, 0.15) is 35.0 Å². The zero-order valence-electron chi connectivity index (χ0n) is 19.4. The molecule has 2 aliphatic heterocycles. The second-order valence-corrected chi connectivity index (χ2v) is 9.82. The number of nitrogens with zero attached hydrogens (tertiary/aromatic N) is 2. The molecule has 2 aliphatic rings. The number of aryl methyl sites for hydroxylation is 1. The van der Waals surface area contributed by atoms with Crippen LogP contribution in [0.5, 0.6) is 5.75 Å². The molecule has 11 heteroatoms. The second-order valence-electron chi connectivity index (χ2n) is 8.59. The van der Waals surface area contributed by atoms with Crippen LogP contribution in [0.15, 0.2) is 48.0 Å². The first-order valence-electron chi connectivity index (χ1n) is 11.3. The number of rotatable bonds is 7. The molecule has 0 saturated carbocycles. The van der Waals surface area contributed by atoms with Crippen molar-refractivity contribution in [1.82, 2.24) is 20.7 Å². The lowest BCUT2D eigenvalue weighted by molar-refractivity contribution is -0.149. The molecule has 0 radical (unpaired) electrons. The molecule has 0 bridgehead atoms. The number of carbonyl (C=O) groups excluding carboxylic acids is 1. The van der Waals surface area contributed by atoms with Crippen LogP contribution in [0.25, 0.3) is 10.6 Å². The molecule has 1 aromatic heterocycles. The fourth-order valence-corrected chi connectivity index (χ4v) is 4.60. The summed E-state index contributed by atoms with van der Waals surface area (Å²) in [5.41, 5.74) is 4.63. The van der Waals surface area contributed by atoms with E-state index in [-0.39, 0.29) is 18.6 Å². The lowest BCUT2D eigenvalue weighted by Crippen LogP contribution is -2.42. The van der Waals surface area contributed by atoms with Gasteiger partial charge in [0.1, 0.15) is 22.6 Å². The number of aromatic nitrogens is 1. The summed E-state index contributed by atoms with van der Waals surface area (Å²) in [5, 5.41) is 3.62. The molecule has 4 rings (SSSR count). The number of hydroxylamine groups is 1. The molecule has 188 valence electrons. The first-order chi connectivity index (χ1) is 16.6. The molecular weight excluding hydrogens is 481 g/mol. The number of nitrogens with one attached hydrogen (secondary N) is 2. The highest BCUT2D eigenvalue weighted by Gasteiger charge is 2.33. The van der Waals surface area contributed by atoms with Gasteiger partial charge in [-0.05, 0) is 57.0 Å². The number of benzene rings is 1. The summed E-state index contributed by atoms with van der Waals surface area (Å²) >= 11 is 1.50. The predicted molar refractivity (Wildman–Crippen MR) is 127 cm³/mol. The van der Waals surface area contributed by atoms with Crippen LogP contribution in [-0.4, -0.2) is 54.3 Å². The van der Waals surface area contributed by atoms with Crippen molar-refractivity contribution in [3.05, 3.63) is 58.4 Å². The first-order valence-corrected chi connectivity index (χ1v) is 12.1. The van der Waals surface area contributed by atoms with Crippen LogP contribution >= 0.6 is 11.3 Å². The molecule has 3 heterocycles. The van der Waals surface area contributed by atoms with Crippen LogP contribution in [0.3, 0.4) is 0 Å². The van der Waals surface area contributed by atoms with Gasteiger partial charge in [-0.3, -0.25) is 9.69 Å². The SMILES string of the molecule is CC1=CC=C(CNC(=O)c2cc(OC3CCN(CC(F)(F)F)CC3)cc(-c3ncc(C)s3)c2)NO1. The van der Waals surface area contributed by atoms with E-state index in [2.05, 4.69) is 15.8 Å². The normalized spacial score (nSPS) is 17.2. The minimum Gasteiger partial charge on any atom is -0.490 e. The molecule has 2 N–H and O–H groups in total. The summed E-state index contributed by atoms with van der Waals surface area (Å²) in [6.45, 7) is 3.72. The third-order valence-electron chi connectivity index (χ3n) is 5.58. The van der Waals surface area contributed by atoms with E-state index in [1.807, 2.05) is 26.0 Å². The van der Waals surface area contributed by atoms with E-state index in [1.165, 1.54) is 16.2 Å². The monoisotopic (exact) mass is 508 g/mol. The van der Waals surface area contributed by atoms with Gasteiger partial charge in [0.25, 0.3) is 5.91 Å². The van der Waals surface area contributed by atoms with Crippen molar-refractivity contribution < 1.29 is 27.5 Å². The van der Waals surface area contributed by atoms with Crippen LogP contribution in [0.4, 0.5) is 13.2 Å². The maximum atomic E-state index is 13.0. The summed E-state index contributed by atoms with van der Waals surface area (Å²) in [6, 6.07) is 5.24. The molecule has 0 unspecified atom stereocenters. The average Bonchev–Trinajstić information content (AvgIpc) is 3.25. The Kier molecular flexibility index (Phi) is 7.66. The largest absolute Gasteiger partial charge is 0.490 e. The molecule has 1 saturated heterocycles. The molecular formula is C24H27F3N4O3S. The van der Waals surface area contributed by atoms with Gasteiger partial charge in [-0.15, -0.1) is 11.3 Å². The van der Waals surface area contributed by atoms with E-state index >= 15 is 0 Å². The number of allylic oxidation sites excluding steroid dienone is 3. The fraction of sp³-hybridized carbons (Fsp3) is 0.417. The standard InChI is InChI=1S/C24H27F3N4O3S/c1-15-3-4-19(30-34-15)13-28-22(32)17-9-18(23-29-12-16(2)35-23)11-21(10-17)33-20-5-7-31(8-6-20)14-24(25,26)27/h3-4,9-12,20,30H,5-8,13-14H2,1-2H3,(H,28,32). The molecule has 0 spiro atoms. The molecule has 0 atom stereocenters. The number of carbonyl (C=O) groups is 1. The van der Waals surface area contributed by atoms with Gasteiger partial charge in [-0.1, -0.05) is 0 Å². The molecule has 35 heavy (non-hydrogen) atoms. The molecule has 2 aromatic rings. The maximum Gasteiger partial charge on any atom is 0.401 e. The molecule has 1 aromatic carbocycles. The van der Waals surface area contributed by atoms with Gasteiger partial charge < -0.3 is 14.9 Å². The average molecular weight is 509 g/mol. The van der Waals surface area contributed by atoms with Crippen molar-refractivity contribution in [2.24, 2.45) is 0 Å². The molecule has 1 fully saturated rings. The van der Waals surface area contributed by atoms with Gasteiger partial charge >= 0.3 is 6.18 Å². The highest BCUT2D eigenvalue weighted by atomic mass is 32.1. The Balaban J connectivity index is 1.47. The maximum absolute atomic E-state index is 13.0. The van der Waals surface area contributed by atoms with Crippen LogP contribution in [-0.2, 0) is 4.84 Å². The van der Waals surface area contributed by atoms with Gasteiger partial charge in [0, 0.05) is 35.3 Å². The van der Waals surface area contributed by atoms with Crippen molar-refractivity contribution in [2.45, 2.75) is 39.0 Å². The lowest BCUT2D eigenvalue weighted by atomic mass is 10.1. The van der Waals surface area contributed by atoms with Crippen molar-refractivity contribution >= 4 is 17.2 Å². The number of piperidine rings is 1. The van der Waals surface area contributed by atoms with Gasteiger partial charge in [-0.2, -0.15) is 13.2 Å². The smallest absolute Gasteiger partial charge is 0.401 e. The lowest BCUT2D eigenvalue weighted by Gasteiger charge is -2.32. The summed E-state index contributed by atoms with van der Waals surface area (Å²) < 4.78 is 44.2. The van der Waals surface area contributed by atoms with E-state index in [0.717, 1.165) is 21.2 Å². The van der Waals surface area contributed by atoms with Crippen LogP contribution in [0.2, 0.25) is 0 Å². The van der Waals surface area contributed by atoms with Crippen molar-refractivity contribution in [3.8, 4) is 16.3 Å². The number of likely N-dealkylation sites (tertiary alicyclic amines) is 1. The van der Waals surface area contributed by atoms with Crippen molar-refractivity contribution in [1.29, 1.82) is 0 Å². The number of amides is 1. The Morgan fingerprint density at radius 3 is 2.66 bits per heavy atom. The number of thiazole rings is 1. The number of halogens is 3. The molecule has 1 amide bonds. The Labute approximate surface area is 205 Å². The fourth-order valence-electron chi connectivity index (χ4n) is 3.85. The molecule has 7 nitrogen and oxygen atoms in total. The second kappa shape index (κ2) is 10.7. The Bertz CT molecular complexity index is 1120. The third-order valence-corrected chi connectivity index (χ3v) is 6.54. The summed E-state index contributed by atoms with van der Waals surface area (Å²) in [6.07, 6.45) is 1.91. The highest BCUT2D eigenvalue weighted by molar-refractivity contribution is 7.14. The Morgan fingerprint density at radius 1 is 1.26 bits per heavy atom. The zero-order valence-corrected chi connectivity index (χ0v) is 20.3. The van der Waals surface area contributed by atoms with E-state index < -0.39 is 12.7 Å². The highest BCUT2D eigenvalue weighted by Crippen LogP contribution is 2.31. The number of ether oxygens (including phenoxy) is 1. The predicted octanol–water partition coefficient (Wildman–Crippen LogP) is 4.58. The van der Waals surface area contributed by atoms with E-state index in [4.69, 9.17) is 9.57 Å². The van der Waals surface area contributed by atoms with Gasteiger partial charge in [-0.25, -0.2) is 10.5 Å². The minimum atomic E-state index is -4.21. The first kappa shape index (κ1) is 25.1. The van der Waals surface area contributed by atoms with Crippen molar-refractivity contribution in [3.63, 3.8) is 0 Å². The Hall–Kier alpha value is -3.05. The zero-order chi connectivity index (χ0) is 25.0. The van der Waals surface area contributed by atoms with E-state index in [1.54, 1.807) is 24.4 Å².